The minimum absolute atomic E-state index is 0. The molecule has 40 valence electrons. The Morgan fingerprint density at radius 2 is 2.00 bits per heavy atom. The average molecular weight is 178 g/mol. The smallest absolute Gasteiger partial charge is 0.133 e. The minimum atomic E-state index is 0. The molecule has 0 amide bonds. The molecule has 0 aromatic rings. The van der Waals surface area contributed by atoms with Gasteiger partial charge < -0.3 is 9.69 Å². The van der Waals surface area contributed by atoms with E-state index >= 15 is 0 Å². The van der Waals surface area contributed by atoms with Crippen LogP contribution in [-0.2, 0) is 31.0 Å². The van der Waals surface area contributed by atoms with Crippen molar-refractivity contribution in [2.24, 2.45) is 0 Å². The van der Waals surface area contributed by atoms with Gasteiger partial charge in [-0.05, 0) is 14.1 Å². The third-order valence-electron chi connectivity index (χ3n) is 0.440. The molecule has 3 heteroatoms. The normalized spacial score (nSPS) is 7.86. The van der Waals surface area contributed by atoms with E-state index in [2.05, 4.69) is 0 Å². The van der Waals surface area contributed by atoms with Gasteiger partial charge in [-0.1, -0.05) is 0 Å². The second-order valence-corrected chi connectivity index (χ2v) is 1.43. The average Bonchev–Trinajstić information content (AvgIpc) is 1.35. The van der Waals surface area contributed by atoms with Crippen LogP contribution < -0.4 is 0 Å². The zero-order chi connectivity index (χ0) is 4.99. The molecular formula is C4H9NOZr. The first-order chi connectivity index (χ1) is 2.77. The molecule has 0 aromatic carbocycles. The summed E-state index contributed by atoms with van der Waals surface area (Å²) in [4.78, 5) is 11.4. The summed E-state index contributed by atoms with van der Waals surface area (Å²) < 4.78 is 0. The van der Waals surface area contributed by atoms with E-state index in [1.165, 1.54) is 0 Å². The molecule has 0 saturated carbocycles. The van der Waals surface area contributed by atoms with Crippen LogP contribution in [0.1, 0.15) is 0 Å². The number of hydrogen-bond acceptors (Lipinski definition) is 2. The largest absolute Gasteiger partial charge is 0.303 e. The van der Waals surface area contributed by atoms with Crippen molar-refractivity contribution in [3.63, 3.8) is 0 Å². The molecule has 0 atom stereocenters. The van der Waals surface area contributed by atoms with Crippen LogP contribution in [0, 0.1) is 0 Å². The van der Waals surface area contributed by atoms with Gasteiger partial charge in [-0.2, -0.15) is 0 Å². The zero-order valence-electron chi connectivity index (χ0n) is 4.64. The van der Waals surface area contributed by atoms with Gasteiger partial charge >= 0.3 is 0 Å². The second kappa shape index (κ2) is 6.51. The van der Waals surface area contributed by atoms with Gasteiger partial charge in [0.1, 0.15) is 6.29 Å². The molecule has 0 aliphatic carbocycles. The number of hydrogen-bond donors (Lipinski definition) is 0. The van der Waals surface area contributed by atoms with Crippen molar-refractivity contribution >= 4 is 6.29 Å². The van der Waals surface area contributed by atoms with Crippen molar-refractivity contribution in [1.82, 2.24) is 4.90 Å². The van der Waals surface area contributed by atoms with E-state index in [0.29, 0.717) is 6.54 Å². The number of carbonyl (C=O) groups excluding carboxylic acids is 1. The van der Waals surface area contributed by atoms with E-state index < -0.39 is 0 Å². The monoisotopic (exact) mass is 177 g/mol. The Labute approximate surface area is 63.0 Å². The molecule has 0 heterocycles. The fraction of sp³-hybridized carbons (Fsp3) is 0.750. The Balaban J connectivity index is 0. The maximum Gasteiger partial charge on any atom is 0.133 e. The van der Waals surface area contributed by atoms with E-state index in [0.717, 1.165) is 6.29 Å². The van der Waals surface area contributed by atoms with Gasteiger partial charge in [0, 0.05) is 26.2 Å². The first-order valence-electron chi connectivity index (χ1n) is 1.85. The fourth-order valence-electron chi connectivity index (χ4n) is 0.149. The molecule has 0 aliphatic rings. The molecule has 0 unspecified atom stereocenters. The molecular weight excluding hydrogens is 169 g/mol. The molecule has 0 saturated heterocycles. The van der Waals surface area contributed by atoms with Crippen molar-refractivity contribution in [2.45, 2.75) is 0 Å². The quantitative estimate of drug-likeness (QED) is 0.543. The first kappa shape index (κ1) is 10.5. The van der Waals surface area contributed by atoms with Gasteiger partial charge in [0.25, 0.3) is 0 Å². The summed E-state index contributed by atoms with van der Waals surface area (Å²) in [6.45, 7) is 0.528. The molecule has 7 heavy (non-hydrogen) atoms. The molecule has 0 aromatic heterocycles. The summed E-state index contributed by atoms with van der Waals surface area (Å²) in [5.41, 5.74) is 0. The number of aldehydes is 1. The van der Waals surface area contributed by atoms with Crippen LogP contribution in [-0.4, -0.2) is 31.8 Å². The fourth-order valence-corrected chi connectivity index (χ4v) is 0.149. The maximum absolute atomic E-state index is 9.57. The van der Waals surface area contributed by atoms with Crippen molar-refractivity contribution in [1.29, 1.82) is 0 Å². The Morgan fingerprint density at radius 1 is 1.57 bits per heavy atom. The van der Waals surface area contributed by atoms with Crippen LogP contribution in [0.4, 0.5) is 0 Å². The standard InChI is InChI=1S/C4H9NO.Zr/c1-5(2)3-4-6;/h4H,3H2,1-2H3;. The number of nitrogens with zero attached hydrogens (tertiary/aromatic N) is 1. The summed E-state index contributed by atoms with van der Waals surface area (Å²) in [7, 11) is 3.71. The Hall–Kier alpha value is 0.513. The molecule has 0 spiro atoms. The third kappa shape index (κ3) is 10.7. The van der Waals surface area contributed by atoms with Crippen molar-refractivity contribution in [3.05, 3.63) is 0 Å². The van der Waals surface area contributed by atoms with Crippen LogP contribution in [0.25, 0.3) is 0 Å². The third-order valence-corrected chi connectivity index (χ3v) is 0.440. The van der Waals surface area contributed by atoms with E-state index in [9.17, 15) is 4.79 Å². The van der Waals surface area contributed by atoms with E-state index in [4.69, 9.17) is 0 Å². The Kier molecular flexibility index (Phi) is 9.76. The molecule has 0 N–H and O–H groups in total. The Morgan fingerprint density at radius 3 is 2.00 bits per heavy atom. The summed E-state index contributed by atoms with van der Waals surface area (Å²) in [5, 5.41) is 0. The van der Waals surface area contributed by atoms with Crippen LogP contribution in [0.15, 0.2) is 0 Å². The second-order valence-electron chi connectivity index (χ2n) is 1.43. The molecule has 0 rings (SSSR count). The van der Waals surface area contributed by atoms with Gasteiger partial charge in [-0.25, -0.2) is 0 Å². The molecule has 2 nitrogen and oxygen atoms in total. The summed E-state index contributed by atoms with van der Waals surface area (Å²) in [5.74, 6) is 0. The summed E-state index contributed by atoms with van der Waals surface area (Å²) in [6, 6.07) is 0. The molecule has 0 bridgehead atoms. The van der Waals surface area contributed by atoms with Gasteiger partial charge in [-0.3, -0.25) is 0 Å². The molecule has 0 radical (unpaired) electrons. The number of likely N-dealkylation sites (N-methyl/N-ethyl adjacent to an activating group) is 1. The minimum Gasteiger partial charge on any atom is -0.303 e. The van der Waals surface area contributed by atoms with E-state index in [-0.39, 0.29) is 26.2 Å². The van der Waals surface area contributed by atoms with Crippen LogP contribution >= 0.6 is 0 Å². The SMILES string of the molecule is CN(C)CC=O.[Zr]. The topological polar surface area (TPSA) is 20.3 Å². The van der Waals surface area contributed by atoms with Crippen molar-refractivity contribution < 1.29 is 31.0 Å². The molecule has 0 fully saturated rings. The number of carbonyl (C=O) groups is 1. The van der Waals surface area contributed by atoms with Crippen LogP contribution in [0.5, 0.6) is 0 Å². The van der Waals surface area contributed by atoms with Crippen LogP contribution in [0.3, 0.4) is 0 Å². The van der Waals surface area contributed by atoms with E-state index in [1.54, 1.807) is 0 Å². The summed E-state index contributed by atoms with van der Waals surface area (Å²) >= 11 is 0. The summed E-state index contributed by atoms with van der Waals surface area (Å²) in [6.07, 6.45) is 0.875. The van der Waals surface area contributed by atoms with Gasteiger partial charge in [0.2, 0.25) is 0 Å². The van der Waals surface area contributed by atoms with Crippen LogP contribution in [0.2, 0.25) is 0 Å². The predicted molar refractivity (Wildman–Crippen MR) is 24.6 cm³/mol. The Bertz CT molecular complexity index is 47.0. The molecule has 0 aliphatic heterocycles. The number of rotatable bonds is 2. The zero-order valence-corrected chi connectivity index (χ0v) is 7.10. The van der Waals surface area contributed by atoms with Crippen molar-refractivity contribution in [3.8, 4) is 0 Å². The van der Waals surface area contributed by atoms with E-state index in [1.807, 2.05) is 19.0 Å². The van der Waals surface area contributed by atoms with Gasteiger partial charge in [-0.15, -0.1) is 0 Å². The first-order valence-corrected chi connectivity index (χ1v) is 1.85. The van der Waals surface area contributed by atoms with Gasteiger partial charge in [0.05, 0.1) is 6.54 Å². The maximum atomic E-state index is 9.57. The van der Waals surface area contributed by atoms with Crippen molar-refractivity contribution in [2.75, 3.05) is 20.6 Å². The predicted octanol–water partition coefficient (Wildman–Crippen LogP) is -0.256. The van der Waals surface area contributed by atoms with Gasteiger partial charge in [0.15, 0.2) is 0 Å².